The van der Waals surface area contributed by atoms with Crippen LogP contribution in [0.15, 0.2) is 18.2 Å². The van der Waals surface area contributed by atoms with E-state index < -0.39 is 0 Å². The third kappa shape index (κ3) is 2.76. The molecule has 2 heteroatoms. The first-order valence-corrected chi connectivity index (χ1v) is 7.77. The average Bonchev–Trinajstić information content (AvgIpc) is 2.49. The topological polar surface area (TPSA) is 12.9 Å². The van der Waals surface area contributed by atoms with Crippen LogP contribution in [0.4, 0.5) is 0 Å². The van der Waals surface area contributed by atoms with E-state index in [4.69, 9.17) is 16.6 Å². The Balaban J connectivity index is 0.000000637. The number of nitrogens with zero attached hydrogens (tertiary/aromatic N) is 1. The summed E-state index contributed by atoms with van der Waals surface area (Å²) in [6.45, 7) is 6.17. The molecular weight excluding hydrogens is 254 g/mol. The van der Waals surface area contributed by atoms with Crippen LogP contribution in [0.2, 0.25) is 5.02 Å². The van der Waals surface area contributed by atoms with Crippen molar-refractivity contribution in [3.63, 3.8) is 0 Å². The lowest BCUT2D eigenvalue weighted by atomic mass is 9.94. The third-order valence-electron chi connectivity index (χ3n) is 3.66. The average molecular weight is 276 g/mol. The molecule has 3 rings (SSSR count). The van der Waals surface area contributed by atoms with Crippen molar-refractivity contribution in [3.05, 3.63) is 40.0 Å². The molecule has 0 fully saturated rings. The van der Waals surface area contributed by atoms with Gasteiger partial charge in [-0.1, -0.05) is 38.4 Å². The molecule has 0 radical (unpaired) electrons. The number of rotatable bonds is 1. The minimum absolute atomic E-state index is 0.944. The number of hydrogen-bond acceptors (Lipinski definition) is 1. The molecule has 2 aromatic rings. The first-order chi connectivity index (χ1) is 9.29. The maximum absolute atomic E-state index is 6.55. The van der Waals surface area contributed by atoms with Gasteiger partial charge in [0.15, 0.2) is 0 Å². The highest BCUT2D eigenvalue weighted by molar-refractivity contribution is 6.36. The fourth-order valence-electron chi connectivity index (χ4n) is 2.63. The number of hydrogen-bond donors (Lipinski definition) is 0. The fraction of sp³-hybridized carbons (Fsp3) is 0.471. The number of aryl methyl sites for hydroxylation is 2. The number of pyridine rings is 1. The van der Waals surface area contributed by atoms with E-state index in [1.54, 1.807) is 0 Å². The quantitative estimate of drug-likeness (QED) is 0.683. The van der Waals surface area contributed by atoms with E-state index in [0.717, 1.165) is 35.2 Å². The van der Waals surface area contributed by atoms with Crippen molar-refractivity contribution < 1.29 is 0 Å². The first kappa shape index (κ1) is 14.3. The fourth-order valence-corrected chi connectivity index (χ4v) is 2.99. The smallest absolute Gasteiger partial charge is 0.0720 e. The van der Waals surface area contributed by atoms with Gasteiger partial charge in [0.1, 0.15) is 0 Å². The van der Waals surface area contributed by atoms with E-state index in [1.165, 1.54) is 29.7 Å². The van der Waals surface area contributed by atoms with Gasteiger partial charge in [0, 0.05) is 11.1 Å². The van der Waals surface area contributed by atoms with E-state index in [0.29, 0.717) is 0 Å². The van der Waals surface area contributed by atoms with Gasteiger partial charge in [-0.15, -0.1) is 0 Å². The molecule has 0 saturated heterocycles. The lowest BCUT2D eigenvalue weighted by Gasteiger charge is -2.18. The highest BCUT2D eigenvalue weighted by Gasteiger charge is 2.16. The number of halogens is 1. The summed E-state index contributed by atoms with van der Waals surface area (Å²) in [6, 6.07) is 6.45. The van der Waals surface area contributed by atoms with Gasteiger partial charge in [0.2, 0.25) is 0 Å². The van der Waals surface area contributed by atoms with E-state index in [2.05, 4.69) is 25.1 Å². The van der Waals surface area contributed by atoms with Crippen LogP contribution in [0.3, 0.4) is 0 Å². The molecule has 1 aromatic heterocycles. The molecule has 0 atom stereocenters. The molecule has 1 aliphatic rings. The van der Waals surface area contributed by atoms with Gasteiger partial charge in [-0.2, -0.15) is 0 Å². The van der Waals surface area contributed by atoms with Crippen LogP contribution in [0.5, 0.6) is 0 Å². The molecule has 1 heterocycles. The second-order valence-electron chi connectivity index (χ2n) is 4.76. The minimum Gasteiger partial charge on any atom is -0.252 e. The van der Waals surface area contributed by atoms with Gasteiger partial charge >= 0.3 is 0 Å². The monoisotopic (exact) mass is 275 g/mol. The van der Waals surface area contributed by atoms with Gasteiger partial charge in [-0.3, -0.25) is 4.98 Å². The van der Waals surface area contributed by atoms with Crippen molar-refractivity contribution in [2.45, 2.75) is 52.9 Å². The lowest BCUT2D eigenvalue weighted by Crippen LogP contribution is -2.06. The highest BCUT2D eigenvalue weighted by atomic mass is 35.5. The molecule has 0 unspecified atom stereocenters. The zero-order valence-electron chi connectivity index (χ0n) is 12.1. The second-order valence-corrected chi connectivity index (χ2v) is 5.14. The maximum atomic E-state index is 6.55. The Kier molecular flexibility index (Phi) is 4.81. The number of aromatic nitrogens is 1. The van der Waals surface area contributed by atoms with E-state index >= 15 is 0 Å². The molecule has 0 spiro atoms. The maximum Gasteiger partial charge on any atom is 0.0720 e. The Labute approximate surface area is 121 Å². The Bertz CT molecular complexity index is 575. The van der Waals surface area contributed by atoms with Gasteiger partial charge in [-0.25, -0.2) is 0 Å². The Morgan fingerprint density at radius 1 is 1.16 bits per heavy atom. The molecule has 1 nitrogen and oxygen atoms in total. The normalized spacial score (nSPS) is 13.7. The lowest BCUT2D eigenvalue weighted by molar-refractivity contribution is 0.671. The largest absolute Gasteiger partial charge is 0.252 e. The molecule has 0 amide bonds. The van der Waals surface area contributed by atoms with Crippen LogP contribution in [0, 0.1) is 0 Å². The molecule has 0 aliphatic heterocycles. The molecular formula is C17H22ClN. The molecule has 0 saturated carbocycles. The molecule has 0 N–H and O–H groups in total. The van der Waals surface area contributed by atoms with Gasteiger partial charge in [0.05, 0.1) is 10.5 Å². The molecule has 102 valence electrons. The summed E-state index contributed by atoms with van der Waals surface area (Å²) in [5, 5.41) is 2.08. The third-order valence-corrected chi connectivity index (χ3v) is 4.10. The van der Waals surface area contributed by atoms with E-state index in [-0.39, 0.29) is 0 Å². The van der Waals surface area contributed by atoms with Gasteiger partial charge in [0.25, 0.3) is 0 Å². The predicted molar refractivity (Wildman–Crippen MR) is 84.1 cm³/mol. The summed E-state index contributed by atoms with van der Waals surface area (Å²) in [6.07, 6.45) is 5.71. The summed E-state index contributed by atoms with van der Waals surface area (Å²) < 4.78 is 0. The van der Waals surface area contributed by atoms with Crippen molar-refractivity contribution in [1.29, 1.82) is 0 Å². The summed E-state index contributed by atoms with van der Waals surface area (Å²) >= 11 is 6.55. The number of fused-ring (bicyclic) bond motifs is 2. The number of benzene rings is 1. The Morgan fingerprint density at radius 3 is 2.63 bits per heavy atom. The van der Waals surface area contributed by atoms with E-state index in [1.807, 2.05) is 13.8 Å². The molecule has 1 aromatic carbocycles. The summed E-state index contributed by atoms with van der Waals surface area (Å²) in [4.78, 5) is 4.77. The minimum atomic E-state index is 0.944. The predicted octanol–water partition coefficient (Wildman–Crippen LogP) is 5.36. The zero-order valence-corrected chi connectivity index (χ0v) is 12.8. The molecule has 0 bridgehead atoms. The van der Waals surface area contributed by atoms with Crippen molar-refractivity contribution in [2.75, 3.05) is 0 Å². The van der Waals surface area contributed by atoms with Crippen LogP contribution >= 0.6 is 11.6 Å². The Morgan fingerprint density at radius 2 is 1.89 bits per heavy atom. The van der Waals surface area contributed by atoms with Crippen molar-refractivity contribution in [2.24, 2.45) is 0 Å². The Hall–Kier alpha value is -1.08. The summed E-state index contributed by atoms with van der Waals surface area (Å²) in [5.41, 5.74) is 4.89. The SMILES string of the molecule is CC.CCc1ccc2nc3c(c(Cl)c2c1)CCCC3. The van der Waals surface area contributed by atoms with Crippen molar-refractivity contribution >= 4 is 22.5 Å². The van der Waals surface area contributed by atoms with Gasteiger partial charge < -0.3 is 0 Å². The van der Waals surface area contributed by atoms with Gasteiger partial charge in [-0.05, 0) is 55.4 Å². The first-order valence-electron chi connectivity index (χ1n) is 7.39. The van der Waals surface area contributed by atoms with Crippen LogP contribution in [-0.2, 0) is 19.3 Å². The second kappa shape index (κ2) is 6.38. The standard InChI is InChI=1S/C15H16ClN.C2H6/c1-2-10-7-8-14-12(9-10)15(16)11-5-3-4-6-13(11)17-14;1-2/h7-9H,2-6H2,1H3;1-2H3. The molecule has 1 aliphatic carbocycles. The van der Waals surface area contributed by atoms with Crippen LogP contribution in [-0.4, -0.2) is 4.98 Å². The van der Waals surface area contributed by atoms with E-state index in [9.17, 15) is 0 Å². The van der Waals surface area contributed by atoms with Crippen LogP contribution in [0.25, 0.3) is 10.9 Å². The highest BCUT2D eigenvalue weighted by Crippen LogP contribution is 2.33. The molecule has 19 heavy (non-hydrogen) atoms. The van der Waals surface area contributed by atoms with Crippen LogP contribution < -0.4 is 0 Å². The summed E-state index contributed by atoms with van der Waals surface area (Å²) in [7, 11) is 0. The van der Waals surface area contributed by atoms with Crippen molar-refractivity contribution in [1.82, 2.24) is 4.98 Å². The summed E-state index contributed by atoms with van der Waals surface area (Å²) in [5.74, 6) is 0. The van der Waals surface area contributed by atoms with Crippen molar-refractivity contribution in [3.8, 4) is 0 Å². The zero-order chi connectivity index (χ0) is 13.8. The van der Waals surface area contributed by atoms with Crippen LogP contribution in [0.1, 0.15) is 50.4 Å².